The van der Waals surface area contributed by atoms with Crippen molar-refractivity contribution in [3.8, 4) is 0 Å². The van der Waals surface area contributed by atoms with Crippen LogP contribution >= 0.6 is 0 Å². The van der Waals surface area contributed by atoms with Crippen LogP contribution in [0.2, 0.25) is 0 Å². The van der Waals surface area contributed by atoms with Crippen molar-refractivity contribution in [2.24, 2.45) is 5.92 Å². The zero-order valence-corrected chi connectivity index (χ0v) is 10.6. The molecule has 0 aromatic carbocycles. The van der Waals surface area contributed by atoms with Crippen LogP contribution in [-0.4, -0.2) is 12.7 Å². The number of hydrogen-bond donors (Lipinski definition) is 0. The van der Waals surface area contributed by atoms with Crippen LogP contribution in [0.15, 0.2) is 0 Å². The monoisotopic (exact) mass is 212 g/mol. The van der Waals surface area contributed by atoms with Crippen molar-refractivity contribution < 1.29 is 4.74 Å². The van der Waals surface area contributed by atoms with E-state index < -0.39 is 0 Å². The maximum Gasteiger partial charge on any atom is 0.0575 e. The van der Waals surface area contributed by atoms with Gasteiger partial charge in [0.05, 0.1) is 6.10 Å². The molecule has 0 spiro atoms. The molecule has 0 amide bonds. The normalized spacial score (nSPS) is 26.8. The molecular weight excluding hydrogens is 184 g/mol. The van der Waals surface area contributed by atoms with Crippen molar-refractivity contribution >= 4 is 0 Å². The van der Waals surface area contributed by atoms with Crippen LogP contribution in [0.1, 0.15) is 71.6 Å². The average molecular weight is 212 g/mol. The fraction of sp³-hybridized carbons (Fsp3) is 1.00. The van der Waals surface area contributed by atoms with Crippen LogP contribution in [0.25, 0.3) is 0 Å². The second-order valence-corrected chi connectivity index (χ2v) is 4.95. The molecule has 1 nitrogen and oxygen atoms in total. The maximum atomic E-state index is 5.67. The Balaban J connectivity index is 1.99. The fourth-order valence-corrected chi connectivity index (χ4v) is 2.68. The van der Waals surface area contributed by atoms with Crippen LogP contribution in [0.3, 0.4) is 0 Å². The molecule has 0 unspecified atom stereocenters. The van der Waals surface area contributed by atoms with Crippen LogP contribution in [0, 0.1) is 5.92 Å². The average Bonchev–Trinajstić information content (AvgIpc) is 2.27. The standard InChI is InChI=1S/C14H28O/c1-3-5-6-7-8-13-9-11-14(12-10-13)15-4-2/h13-14H,3-12H2,1-2H3. The largest absolute Gasteiger partial charge is 0.379 e. The Morgan fingerprint density at radius 1 is 0.933 bits per heavy atom. The number of ether oxygens (including phenoxy) is 1. The number of unbranched alkanes of at least 4 members (excludes halogenated alkanes) is 3. The van der Waals surface area contributed by atoms with E-state index in [1.807, 2.05) is 0 Å². The summed E-state index contributed by atoms with van der Waals surface area (Å²) in [7, 11) is 0. The molecule has 0 aromatic rings. The summed E-state index contributed by atoms with van der Waals surface area (Å²) in [6.07, 6.45) is 13.2. The predicted molar refractivity (Wildman–Crippen MR) is 66.1 cm³/mol. The molecule has 0 radical (unpaired) electrons. The Hall–Kier alpha value is -0.0400. The van der Waals surface area contributed by atoms with Crippen molar-refractivity contribution in [1.29, 1.82) is 0 Å². The third kappa shape index (κ3) is 5.55. The van der Waals surface area contributed by atoms with Gasteiger partial charge >= 0.3 is 0 Å². The van der Waals surface area contributed by atoms with Crippen LogP contribution < -0.4 is 0 Å². The van der Waals surface area contributed by atoms with Gasteiger partial charge < -0.3 is 4.74 Å². The fourth-order valence-electron chi connectivity index (χ4n) is 2.68. The van der Waals surface area contributed by atoms with Gasteiger partial charge in [-0.1, -0.05) is 39.0 Å². The minimum atomic E-state index is 0.585. The van der Waals surface area contributed by atoms with Gasteiger partial charge in [-0.05, 0) is 38.5 Å². The predicted octanol–water partition coefficient (Wildman–Crippen LogP) is 4.55. The highest BCUT2D eigenvalue weighted by Gasteiger charge is 2.20. The summed E-state index contributed by atoms with van der Waals surface area (Å²) in [5.74, 6) is 1.01. The quantitative estimate of drug-likeness (QED) is 0.562. The second kappa shape index (κ2) is 8.15. The molecule has 1 aliphatic carbocycles. The Morgan fingerprint density at radius 3 is 2.27 bits per heavy atom. The van der Waals surface area contributed by atoms with E-state index in [9.17, 15) is 0 Å². The van der Waals surface area contributed by atoms with Gasteiger partial charge in [-0.2, -0.15) is 0 Å². The number of hydrogen-bond acceptors (Lipinski definition) is 1. The van der Waals surface area contributed by atoms with Crippen molar-refractivity contribution in [2.75, 3.05) is 6.61 Å². The highest BCUT2D eigenvalue weighted by molar-refractivity contribution is 4.72. The lowest BCUT2D eigenvalue weighted by Gasteiger charge is -2.28. The minimum absolute atomic E-state index is 0.585. The second-order valence-electron chi connectivity index (χ2n) is 4.95. The van der Waals surface area contributed by atoms with Gasteiger partial charge in [0, 0.05) is 6.61 Å². The Morgan fingerprint density at radius 2 is 1.67 bits per heavy atom. The molecule has 1 rings (SSSR count). The lowest BCUT2D eigenvalue weighted by atomic mass is 9.84. The van der Waals surface area contributed by atoms with E-state index in [0.29, 0.717) is 6.10 Å². The van der Waals surface area contributed by atoms with Gasteiger partial charge in [-0.15, -0.1) is 0 Å². The van der Waals surface area contributed by atoms with E-state index in [2.05, 4.69) is 13.8 Å². The SMILES string of the molecule is CCCCCCC1CCC(OCC)CC1. The molecular formula is C14H28O. The summed E-state index contributed by atoms with van der Waals surface area (Å²) >= 11 is 0. The highest BCUT2D eigenvalue weighted by Crippen LogP contribution is 2.29. The molecule has 0 aromatic heterocycles. The third-order valence-corrected chi connectivity index (χ3v) is 3.66. The molecule has 0 saturated heterocycles. The molecule has 15 heavy (non-hydrogen) atoms. The third-order valence-electron chi connectivity index (χ3n) is 3.66. The van der Waals surface area contributed by atoms with Gasteiger partial charge in [0.2, 0.25) is 0 Å². The van der Waals surface area contributed by atoms with Gasteiger partial charge in [0.1, 0.15) is 0 Å². The summed E-state index contributed by atoms with van der Waals surface area (Å²) in [5, 5.41) is 0. The van der Waals surface area contributed by atoms with Crippen molar-refractivity contribution in [2.45, 2.75) is 77.7 Å². The van der Waals surface area contributed by atoms with Crippen molar-refractivity contribution in [1.82, 2.24) is 0 Å². The molecule has 0 aliphatic heterocycles. The van der Waals surface area contributed by atoms with Crippen molar-refractivity contribution in [3.05, 3.63) is 0 Å². The molecule has 1 saturated carbocycles. The molecule has 0 heterocycles. The summed E-state index contributed by atoms with van der Waals surface area (Å²) in [4.78, 5) is 0. The van der Waals surface area contributed by atoms with Crippen LogP contribution in [0.4, 0.5) is 0 Å². The molecule has 0 atom stereocenters. The highest BCUT2D eigenvalue weighted by atomic mass is 16.5. The van der Waals surface area contributed by atoms with Gasteiger partial charge in [0.25, 0.3) is 0 Å². The molecule has 1 heteroatoms. The Kier molecular flexibility index (Phi) is 7.08. The maximum absolute atomic E-state index is 5.67. The summed E-state index contributed by atoms with van der Waals surface area (Å²) in [5.41, 5.74) is 0. The zero-order chi connectivity index (χ0) is 10.9. The Labute approximate surface area is 95.6 Å². The van der Waals surface area contributed by atoms with Gasteiger partial charge in [-0.25, -0.2) is 0 Å². The topological polar surface area (TPSA) is 9.23 Å². The van der Waals surface area contributed by atoms with Gasteiger partial charge in [0.15, 0.2) is 0 Å². The van der Waals surface area contributed by atoms with E-state index in [4.69, 9.17) is 4.74 Å². The zero-order valence-electron chi connectivity index (χ0n) is 10.6. The molecule has 0 N–H and O–H groups in total. The minimum Gasteiger partial charge on any atom is -0.379 e. The van der Waals surface area contributed by atoms with Crippen LogP contribution in [0.5, 0.6) is 0 Å². The first-order valence-corrected chi connectivity index (χ1v) is 6.98. The molecule has 0 bridgehead atoms. The first-order valence-electron chi connectivity index (χ1n) is 6.98. The number of rotatable bonds is 7. The van der Waals surface area contributed by atoms with E-state index in [-0.39, 0.29) is 0 Å². The first-order chi connectivity index (χ1) is 7.36. The lowest BCUT2D eigenvalue weighted by molar-refractivity contribution is 0.0245. The Bertz CT molecular complexity index is 134. The van der Waals surface area contributed by atoms with Crippen molar-refractivity contribution in [3.63, 3.8) is 0 Å². The van der Waals surface area contributed by atoms with Crippen LogP contribution in [-0.2, 0) is 4.74 Å². The van der Waals surface area contributed by atoms with E-state index in [1.165, 1.54) is 57.8 Å². The van der Waals surface area contributed by atoms with E-state index in [0.717, 1.165) is 12.5 Å². The molecule has 90 valence electrons. The van der Waals surface area contributed by atoms with Gasteiger partial charge in [-0.3, -0.25) is 0 Å². The molecule has 1 aliphatic rings. The van der Waals surface area contributed by atoms with E-state index in [1.54, 1.807) is 0 Å². The van der Waals surface area contributed by atoms with E-state index >= 15 is 0 Å². The summed E-state index contributed by atoms with van der Waals surface area (Å²) < 4.78 is 5.67. The lowest BCUT2D eigenvalue weighted by Crippen LogP contribution is -2.21. The summed E-state index contributed by atoms with van der Waals surface area (Å²) in [6, 6.07) is 0. The smallest absolute Gasteiger partial charge is 0.0575 e. The summed E-state index contributed by atoms with van der Waals surface area (Å²) in [6.45, 7) is 5.29. The first kappa shape index (κ1) is 13.0. The molecule has 1 fully saturated rings.